The van der Waals surface area contributed by atoms with Gasteiger partial charge < -0.3 is 10.2 Å². The number of nitrogens with one attached hydrogen (secondary N) is 1. The lowest BCUT2D eigenvalue weighted by atomic mass is 10.2. The number of imide groups is 1. The van der Waals surface area contributed by atoms with Crippen LogP contribution in [-0.4, -0.2) is 35.3 Å². The van der Waals surface area contributed by atoms with Gasteiger partial charge in [-0.1, -0.05) is 12.1 Å². The molecule has 1 N–H and O–H groups in total. The third-order valence-corrected chi connectivity index (χ3v) is 4.64. The van der Waals surface area contributed by atoms with Gasteiger partial charge in [-0.2, -0.15) is 0 Å². The van der Waals surface area contributed by atoms with Gasteiger partial charge in [-0.05, 0) is 49.2 Å². The molecule has 132 valence electrons. The molecule has 0 saturated carbocycles. The van der Waals surface area contributed by atoms with E-state index in [2.05, 4.69) is 5.32 Å². The van der Waals surface area contributed by atoms with Gasteiger partial charge in [0.05, 0.1) is 5.69 Å². The lowest BCUT2D eigenvalue weighted by Gasteiger charge is -2.16. The van der Waals surface area contributed by atoms with Crippen molar-refractivity contribution in [3.8, 4) is 0 Å². The zero-order valence-electron chi connectivity index (χ0n) is 13.8. The van der Waals surface area contributed by atoms with E-state index in [9.17, 15) is 18.8 Å². The third kappa shape index (κ3) is 2.71. The minimum Gasteiger partial charge on any atom is -0.322 e. The number of urea groups is 1. The summed E-state index contributed by atoms with van der Waals surface area (Å²) in [6, 6.07) is 11.2. The summed E-state index contributed by atoms with van der Waals surface area (Å²) in [6.45, 7) is 0.585. The fraction of sp³-hybridized carbons (Fsp3) is 0.211. The average Bonchev–Trinajstić information content (AvgIpc) is 3.19. The van der Waals surface area contributed by atoms with Gasteiger partial charge >= 0.3 is 6.03 Å². The lowest BCUT2D eigenvalue weighted by Crippen LogP contribution is -2.33. The Bertz CT molecular complexity index is 892. The second kappa shape index (κ2) is 6.25. The van der Waals surface area contributed by atoms with Gasteiger partial charge in [0.15, 0.2) is 0 Å². The number of fused-ring (bicyclic) bond motifs is 1. The number of anilines is 2. The maximum atomic E-state index is 13.3. The summed E-state index contributed by atoms with van der Waals surface area (Å²) in [4.78, 5) is 40.0. The van der Waals surface area contributed by atoms with Gasteiger partial charge in [-0.25, -0.2) is 14.1 Å². The third-order valence-electron chi connectivity index (χ3n) is 4.64. The Hall–Kier alpha value is -3.22. The topological polar surface area (TPSA) is 69.7 Å². The van der Waals surface area contributed by atoms with E-state index in [1.165, 1.54) is 18.2 Å². The normalized spacial score (nSPS) is 19.0. The molecule has 0 spiro atoms. The van der Waals surface area contributed by atoms with E-state index in [-0.39, 0.29) is 23.5 Å². The van der Waals surface area contributed by atoms with Gasteiger partial charge in [-0.15, -0.1) is 0 Å². The van der Waals surface area contributed by atoms with Crippen LogP contribution in [0.4, 0.5) is 20.6 Å². The Balaban J connectivity index is 1.57. The van der Waals surface area contributed by atoms with Crippen molar-refractivity contribution in [1.82, 2.24) is 4.90 Å². The smallest absolute Gasteiger partial charge is 0.322 e. The van der Waals surface area contributed by atoms with E-state index in [1.54, 1.807) is 29.2 Å². The quantitative estimate of drug-likeness (QED) is 0.863. The number of rotatable bonds is 3. The molecule has 2 fully saturated rings. The van der Waals surface area contributed by atoms with Crippen LogP contribution in [0.5, 0.6) is 0 Å². The van der Waals surface area contributed by atoms with Gasteiger partial charge in [0, 0.05) is 17.8 Å². The molecule has 2 aliphatic rings. The second-order valence-electron chi connectivity index (χ2n) is 6.32. The fourth-order valence-electron chi connectivity index (χ4n) is 3.42. The number of carbonyl (C=O) groups is 3. The predicted octanol–water partition coefficient (Wildman–Crippen LogP) is 3.01. The Kier molecular flexibility index (Phi) is 3.91. The summed E-state index contributed by atoms with van der Waals surface area (Å²) < 4.78 is 13.3. The molecule has 2 aromatic carbocycles. The Morgan fingerprint density at radius 2 is 1.92 bits per heavy atom. The maximum Gasteiger partial charge on any atom is 0.332 e. The molecule has 2 aromatic rings. The van der Waals surface area contributed by atoms with Crippen molar-refractivity contribution >= 4 is 29.2 Å². The van der Waals surface area contributed by atoms with Crippen molar-refractivity contribution in [2.45, 2.75) is 18.9 Å². The van der Waals surface area contributed by atoms with Crippen LogP contribution >= 0.6 is 0 Å². The molecule has 0 radical (unpaired) electrons. The predicted molar refractivity (Wildman–Crippen MR) is 93.4 cm³/mol. The van der Waals surface area contributed by atoms with Crippen LogP contribution < -0.4 is 10.2 Å². The van der Waals surface area contributed by atoms with Crippen molar-refractivity contribution in [2.75, 3.05) is 16.8 Å². The summed E-state index contributed by atoms with van der Waals surface area (Å²) in [5.41, 5.74) is 1.01. The van der Waals surface area contributed by atoms with Crippen LogP contribution in [-0.2, 0) is 4.79 Å². The molecule has 6 nitrogen and oxygen atoms in total. The van der Waals surface area contributed by atoms with Crippen molar-refractivity contribution in [2.24, 2.45) is 0 Å². The SMILES string of the molecule is O=C(Nc1cccc(N2C(=O)[C@H]3CCCN3C2=O)c1)c1cccc(F)c1. The lowest BCUT2D eigenvalue weighted by molar-refractivity contribution is -0.119. The number of carbonyl (C=O) groups excluding carboxylic acids is 3. The number of hydrogen-bond donors (Lipinski definition) is 1. The number of benzene rings is 2. The molecule has 2 heterocycles. The molecule has 7 heteroatoms. The van der Waals surface area contributed by atoms with Crippen molar-refractivity contribution in [3.05, 3.63) is 59.9 Å². The molecule has 2 aliphatic heterocycles. The Labute approximate surface area is 149 Å². The summed E-state index contributed by atoms with van der Waals surface area (Å²) >= 11 is 0. The van der Waals surface area contributed by atoms with Crippen molar-refractivity contribution in [3.63, 3.8) is 0 Å². The van der Waals surface area contributed by atoms with Crippen LogP contribution in [0.25, 0.3) is 0 Å². The minimum absolute atomic E-state index is 0.185. The minimum atomic E-state index is -0.500. The largest absolute Gasteiger partial charge is 0.332 e. The summed E-state index contributed by atoms with van der Waals surface area (Å²) in [5, 5.41) is 2.66. The summed E-state index contributed by atoms with van der Waals surface area (Å²) in [6.07, 6.45) is 1.51. The van der Waals surface area contributed by atoms with Gasteiger partial charge in [0.1, 0.15) is 11.9 Å². The highest BCUT2D eigenvalue weighted by Crippen LogP contribution is 2.32. The fourth-order valence-corrected chi connectivity index (χ4v) is 3.42. The first kappa shape index (κ1) is 16.3. The van der Waals surface area contributed by atoms with Crippen LogP contribution in [0.15, 0.2) is 48.5 Å². The van der Waals surface area contributed by atoms with Crippen LogP contribution in [0.3, 0.4) is 0 Å². The molecule has 0 bridgehead atoms. The molecule has 0 unspecified atom stereocenters. The number of halogens is 1. The average molecular weight is 353 g/mol. The molecule has 1 atom stereocenters. The van der Waals surface area contributed by atoms with Gasteiger partial charge in [0.2, 0.25) is 0 Å². The second-order valence-corrected chi connectivity index (χ2v) is 6.32. The molecule has 0 aromatic heterocycles. The molecule has 4 rings (SSSR count). The molecule has 4 amide bonds. The Morgan fingerprint density at radius 1 is 1.12 bits per heavy atom. The number of amides is 4. The highest BCUT2D eigenvalue weighted by atomic mass is 19.1. The maximum absolute atomic E-state index is 13.3. The molecule has 0 aliphatic carbocycles. The van der Waals surface area contributed by atoms with Gasteiger partial charge in [0.25, 0.3) is 11.8 Å². The highest BCUT2D eigenvalue weighted by molar-refractivity contribution is 6.21. The molecular formula is C19H16FN3O3. The first-order valence-electron chi connectivity index (χ1n) is 8.36. The van der Waals surface area contributed by atoms with E-state index in [4.69, 9.17) is 0 Å². The molecule has 26 heavy (non-hydrogen) atoms. The zero-order chi connectivity index (χ0) is 18.3. The van der Waals surface area contributed by atoms with E-state index < -0.39 is 11.7 Å². The van der Waals surface area contributed by atoms with Crippen LogP contribution in [0, 0.1) is 5.82 Å². The summed E-state index contributed by atoms with van der Waals surface area (Å²) in [7, 11) is 0. The van der Waals surface area contributed by atoms with Crippen LogP contribution in [0.1, 0.15) is 23.2 Å². The molecular weight excluding hydrogens is 337 g/mol. The Morgan fingerprint density at radius 3 is 2.69 bits per heavy atom. The van der Waals surface area contributed by atoms with E-state index >= 15 is 0 Å². The number of hydrogen-bond acceptors (Lipinski definition) is 3. The van der Waals surface area contributed by atoms with Crippen LogP contribution in [0.2, 0.25) is 0 Å². The first-order chi connectivity index (χ1) is 12.5. The van der Waals surface area contributed by atoms with Gasteiger partial charge in [-0.3, -0.25) is 9.59 Å². The van der Waals surface area contributed by atoms with Crippen molar-refractivity contribution in [1.29, 1.82) is 0 Å². The highest BCUT2D eigenvalue weighted by Gasteiger charge is 2.47. The van der Waals surface area contributed by atoms with E-state index in [1.807, 2.05) is 0 Å². The standard InChI is InChI=1S/C19H16FN3O3/c20-13-5-1-4-12(10-13)17(24)21-14-6-2-7-15(11-14)23-18(25)16-8-3-9-22(16)19(23)26/h1-2,4-7,10-11,16H,3,8-9H2,(H,21,24)/t16-/m1/s1. The zero-order valence-corrected chi connectivity index (χ0v) is 13.8. The number of nitrogens with zero attached hydrogens (tertiary/aromatic N) is 2. The van der Waals surface area contributed by atoms with E-state index in [0.717, 1.165) is 17.4 Å². The van der Waals surface area contributed by atoms with E-state index in [0.29, 0.717) is 24.3 Å². The first-order valence-corrected chi connectivity index (χ1v) is 8.36. The van der Waals surface area contributed by atoms with Crippen molar-refractivity contribution < 1.29 is 18.8 Å². The summed E-state index contributed by atoms with van der Waals surface area (Å²) in [5.74, 6) is -1.21. The monoisotopic (exact) mass is 353 g/mol. The molecule has 2 saturated heterocycles.